The Hall–Kier alpha value is -1.13. The predicted molar refractivity (Wildman–Crippen MR) is 68.3 cm³/mol. The van der Waals surface area contributed by atoms with Crippen molar-refractivity contribution >= 4 is 0 Å². The molecule has 96 valence electrons. The number of aromatic nitrogens is 1. The number of methoxy groups -OCH3 is 1. The minimum atomic E-state index is 0.149. The van der Waals surface area contributed by atoms with Gasteiger partial charge in [0.05, 0.1) is 13.7 Å². The van der Waals surface area contributed by atoms with E-state index in [-0.39, 0.29) is 12.6 Å². The smallest absolute Gasteiger partial charge is 0.213 e. The van der Waals surface area contributed by atoms with Gasteiger partial charge in [0.1, 0.15) is 0 Å². The van der Waals surface area contributed by atoms with Gasteiger partial charge < -0.3 is 15.2 Å². The molecule has 0 radical (unpaired) electrons. The van der Waals surface area contributed by atoms with Crippen molar-refractivity contribution in [2.75, 3.05) is 13.7 Å². The zero-order valence-corrected chi connectivity index (χ0v) is 11.1. The van der Waals surface area contributed by atoms with Crippen molar-refractivity contribution in [2.24, 2.45) is 0 Å². The lowest BCUT2D eigenvalue weighted by Crippen LogP contribution is -2.31. The highest BCUT2D eigenvalue weighted by Crippen LogP contribution is 2.17. The fourth-order valence-electron chi connectivity index (χ4n) is 1.78. The lowest BCUT2D eigenvalue weighted by atomic mass is 10.1. The van der Waals surface area contributed by atoms with Gasteiger partial charge in [-0.2, -0.15) is 0 Å². The molecule has 2 N–H and O–H groups in total. The maximum atomic E-state index is 9.13. The number of rotatable bonds is 6. The monoisotopic (exact) mass is 238 g/mol. The molecular formula is C13H22N2O2. The number of pyridine rings is 1. The summed E-state index contributed by atoms with van der Waals surface area (Å²) in [5.41, 5.74) is 3.31. The topological polar surface area (TPSA) is 54.4 Å². The molecule has 0 aliphatic heterocycles. The summed E-state index contributed by atoms with van der Waals surface area (Å²) in [6.45, 7) is 6.98. The predicted octanol–water partition coefficient (Wildman–Crippen LogP) is 1.57. The summed E-state index contributed by atoms with van der Waals surface area (Å²) in [4.78, 5) is 4.36. The Bertz CT molecular complexity index is 339. The summed E-state index contributed by atoms with van der Waals surface area (Å²) in [5.74, 6) is 0.651. The summed E-state index contributed by atoms with van der Waals surface area (Å²) < 4.78 is 5.13. The van der Waals surface area contributed by atoms with Crippen LogP contribution in [-0.2, 0) is 6.54 Å². The van der Waals surface area contributed by atoms with E-state index in [2.05, 4.69) is 17.2 Å². The number of aliphatic hydroxyl groups is 1. The molecule has 0 fully saturated rings. The summed E-state index contributed by atoms with van der Waals surface area (Å²) in [6, 6.07) is 2.08. The third-order valence-corrected chi connectivity index (χ3v) is 3.02. The minimum absolute atomic E-state index is 0.149. The van der Waals surface area contributed by atoms with Gasteiger partial charge in [0.15, 0.2) is 0 Å². The van der Waals surface area contributed by atoms with Gasteiger partial charge in [-0.05, 0) is 31.4 Å². The highest BCUT2D eigenvalue weighted by molar-refractivity contribution is 5.33. The molecule has 0 spiro atoms. The summed E-state index contributed by atoms with van der Waals surface area (Å²) in [7, 11) is 1.62. The van der Waals surface area contributed by atoms with Gasteiger partial charge >= 0.3 is 0 Å². The first-order valence-corrected chi connectivity index (χ1v) is 5.97. The lowest BCUT2D eigenvalue weighted by Gasteiger charge is -2.16. The lowest BCUT2D eigenvalue weighted by molar-refractivity contribution is 0.238. The van der Waals surface area contributed by atoms with Crippen molar-refractivity contribution in [3.63, 3.8) is 0 Å². The second-order valence-electron chi connectivity index (χ2n) is 4.21. The van der Waals surface area contributed by atoms with Crippen LogP contribution in [0.4, 0.5) is 0 Å². The van der Waals surface area contributed by atoms with Crippen LogP contribution in [-0.4, -0.2) is 29.8 Å². The number of ether oxygens (including phenoxy) is 1. The molecule has 1 aromatic heterocycles. The number of hydrogen-bond donors (Lipinski definition) is 2. The first-order chi connectivity index (χ1) is 8.12. The fourth-order valence-corrected chi connectivity index (χ4v) is 1.78. The summed E-state index contributed by atoms with van der Waals surface area (Å²) >= 11 is 0. The van der Waals surface area contributed by atoms with Gasteiger partial charge in [-0.1, -0.05) is 6.92 Å². The highest BCUT2D eigenvalue weighted by Gasteiger charge is 2.09. The molecule has 4 heteroatoms. The van der Waals surface area contributed by atoms with Gasteiger partial charge in [-0.3, -0.25) is 0 Å². The molecule has 1 heterocycles. The largest absolute Gasteiger partial charge is 0.481 e. The molecule has 1 aromatic rings. The molecular weight excluding hydrogens is 216 g/mol. The summed E-state index contributed by atoms with van der Waals surface area (Å²) in [6.07, 6.45) is 0.915. The average Bonchev–Trinajstić information content (AvgIpc) is 2.32. The van der Waals surface area contributed by atoms with E-state index in [1.807, 2.05) is 19.9 Å². The average molecular weight is 238 g/mol. The van der Waals surface area contributed by atoms with Crippen LogP contribution in [0.25, 0.3) is 0 Å². The Labute approximate surface area is 103 Å². The van der Waals surface area contributed by atoms with Crippen LogP contribution in [0.5, 0.6) is 5.88 Å². The zero-order chi connectivity index (χ0) is 12.8. The van der Waals surface area contributed by atoms with Gasteiger partial charge in [-0.15, -0.1) is 0 Å². The van der Waals surface area contributed by atoms with Crippen molar-refractivity contribution in [3.05, 3.63) is 22.9 Å². The van der Waals surface area contributed by atoms with Crippen LogP contribution < -0.4 is 10.1 Å². The molecule has 0 aliphatic rings. The molecule has 4 nitrogen and oxygen atoms in total. The molecule has 0 saturated heterocycles. The van der Waals surface area contributed by atoms with Crippen LogP contribution in [0.15, 0.2) is 6.07 Å². The molecule has 0 aromatic carbocycles. The Morgan fingerprint density at radius 3 is 2.65 bits per heavy atom. The van der Waals surface area contributed by atoms with E-state index < -0.39 is 0 Å². The first kappa shape index (κ1) is 13.9. The van der Waals surface area contributed by atoms with Gasteiger partial charge in [-0.25, -0.2) is 4.98 Å². The molecule has 1 atom stereocenters. The second kappa shape index (κ2) is 6.57. The Kier molecular flexibility index (Phi) is 5.38. The quantitative estimate of drug-likeness (QED) is 0.790. The van der Waals surface area contributed by atoms with Crippen LogP contribution >= 0.6 is 0 Å². The van der Waals surface area contributed by atoms with Crippen LogP contribution in [0.3, 0.4) is 0 Å². The van der Waals surface area contributed by atoms with Crippen molar-refractivity contribution in [3.8, 4) is 5.88 Å². The number of nitrogens with zero attached hydrogens (tertiary/aromatic N) is 1. The first-order valence-electron chi connectivity index (χ1n) is 5.97. The van der Waals surface area contributed by atoms with E-state index in [1.54, 1.807) is 7.11 Å². The minimum Gasteiger partial charge on any atom is -0.481 e. The second-order valence-corrected chi connectivity index (χ2v) is 4.21. The van der Waals surface area contributed by atoms with Gasteiger partial charge in [0.25, 0.3) is 0 Å². The third-order valence-electron chi connectivity index (χ3n) is 3.02. The van der Waals surface area contributed by atoms with E-state index in [0.717, 1.165) is 24.2 Å². The van der Waals surface area contributed by atoms with Crippen molar-refractivity contribution in [1.29, 1.82) is 0 Å². The highest BCUT2D eigenvalue weighted by atomic mass is 16.5. The van der Waals surface area contributed by atoms with Crippen LogP contribution in [0.2, 0.25) is 0 Å². The van der Waals surface area contributed by atoms with Gasteiger partial charge in [0.2, 0.25) is 5.88 Å². The number of aryl methyl sites for hydroxylation is 2. The Morgan fingerprint density at radius 1 is 1.47 bits per heavy atom. The van der Waals surface area contributed by atoms with E-state index in [4.69, 9.17) is 9.84 Å². The maximum Gasteiger partial charge on any atom is 0.213 e. The summed E-state index contributed by atoms with van der Waals surface area (Å²) in [5, 5.41) is 12.5. The molecule has 0 saturated carbocycles. The van der Waals surface area contributed by atoms with E-state index in [1.165, 1.54) is 5.56 Å². The van der Waals surface area contributed by atoms with Crippen LogP contribution in [0.1, 0.15) is 30.2 Å². The fraction of sp³-hybridized carbons (Fsp3) is 0.615. The van der Waals surface area contributed by atoms with Crippen molar-refractivity contribution in [1.82, 2.24) is 10.3 Å². The van der Waals surface area contributed by atoms with E-state index >= 15 is 0 Å². The third kappa shape index (κ3) is 3.68. The molecule has 0 aliphatic carbocycles. The molecule has 0 amide bonds. The number of nitrogens with one attached hydrogen (secondary N) is 1. The SMILES string of the molecule is CC[C@@H](CO)NCc1c(C)cc(OC)nc1C. The van der Waals surface area contributed by atoms with E-state index in [9.17, 15) is 0 Å². The standard InChI is InChI=1S/C13H22N2O2/c1-5-11(8-16)14-7-12-9(2)6-13(17-4)15-10(12)3/h6,11,14,16H,5,7-8H2,1-4H3/t11-/m0/s1. The number of aliphatic hydroxyl groups excluding tert-OH is 1. The number of hydrogen-bond acceptors (Lipinski definition) is 4. The molecule has 0 unspecified atom stereocenters. The Balaban J connectivity index is 2.77. The normalized spacial score (nSPS) is 12.5. The molecule has 17 heavy (non-hydrogen) atoms. The Morgan fingerprint density at radius 2 is 2.18 bits per heavy atom. The van der Waals surface area contributed by atoms with E-state index in [0.29, 0.717) is 5.88 Å². The van der Waals surface area contributed by atoms with Crippen molar-refractivity contribution in [2.45, 2.75) is 39.8 Å². The maximum absolute atomic E-state index is 9.13. The van der Waals surface area contributed by atoms with Gasteiger partial charge in [0, 0.05) is 24.3 Å². The van der Waals surface area contributed by atoms with Crippen LogP contribution in [0, 0.1) is 13.8 Å². The van der Waals surface area contributed by atoms with Crippen molar-refractivity contribution < 1.29 is 9.84 Å². The molecule has 1 rings (SSSR count). The molecule has 0 bridgehead atoms. The zero-order valence-electron chi connectivity index (χ0n) is 11.1.